The fraction of sp³-hybridized carbons (Fsp3) is 0.583. The van der Waals surface area contributed by atoms with E-state index in [9.17, 15) is 13.2 Å². The molecule has 0 aliphatic heterocycles. The van der Waals surface area contributed by atoms with E-state index >= 15 is 0 Å². The number of Topliss-reactive ketones (excluding diaryl/α,β-unsaturated/α-hetero) is 1. The van der Waals surface area contributed by atoms with Gasteiger partial charge >= 0.3 is 0 Å². The maximum Gasteiger partial charge on any atom is 0.161 e. The molecule has 0 fully saturated rings. The van der Waals surface area contributed by atoms with Crippen molar-refractivity contribution in [3.05, 3.63) is 24.0 Å². The Kier molecular flexibility index (Phi) is 3.81. The van der Waals surface area contributed by atoms with Gasteiger partial charge in [0.05, 0.1) is 10.5 Å². The number of hydrogen-bond donors (Lipinski definition) is 0. The van der Waals surface area contributed by atoms with Crippen LogP contribution in [-0.2, 0) is 16.4 Å². The quantitative estimate of drug-likeness (QED) is 0.774. The van der Waals surface area contributed by atoms with Crippen LogP contribution in [0.3, 0.4) is 0 Å². The minimum Gasteiger partial charge on any atom is -0.352 e. The maximum atomic E-state index is 11.9. The molecule has 1 aromatic rings. The summed E-state index contributed by atoms with van der Waals surface area (Å²) in [5.41, 5.74) is 0.609. The van der Waals surface area contributed by atoms with Crippen molar-refractivity contribution in [3.63, 3.8) is 0 Å². The zero-order valence-corrected chi connectivity index (χ0v) is 11.5. The third-order valence-electron chi connectivity index (χ3n) is 2.71. The Labute approximate surface area is 103 Å². The molecule has 17 heavy (non-hydrogen) atoms. The van der Waals surface area contributed by atoms with Crippen LogP contribution in [0, 0.1) is 0 Å². The van der Waals surface area contributed by atoms with Crippen LogP contribution in [0.2, 0.25) is 0 Å². The van der Waals surface area contributed by atoms with Gasteiger partial charge in [-0.3, -0.25) is 4.79 Å². The number of carbonyl (C=O) groups excluding carboxylic acids is 1. The van der Waals surface area contributed by atoms with Gasteiger partial charge in [0.15, 0.2) is 15.6 Å². The molecule has 0 unspecified atom stereocenters. The van der Waals surface area contributed by atoms with Crippen LogP contribution in [0.15, 0.2) is 18.5 Å². The van der Waals surface area contributed by atoms with Gasteiger partial charge in [0, 0.05) is 24.5 Å². The molecular formula is C12H19NO3S. The number of aryl methyl sites for hydroxylation is 1. The first-order valence-corrected chi connectivity index (χ1v) is 7.18. The Hall–Kier alpha value is -1.10. The van der Waals surface area contributed by atoms with Gasteiger partial charge in [-0.05, 0) is 33.8 Å². The molecule has 96 valence electrons. The fourth-order valence-electron chi connectivity index (χ4n) is 1.32. The molecule has 0 radical (unpaired) electrons. The van der Waals surface area contributed by atoms with Gasteiger partial charge in [-0.1, -0.05) is 0 Å². The van der Waals surface area contributed by atoms with E-state index in [2.05, 4.69) is 0 Å². The lowest BCUT2D eigenvalue weighted by Gasteiger charge is -2.19. The number of carbonyl (C=O) groups is 1. The lowest BCUT2D eigenvalue weighted by Crippen LogP contribution is -2.31. The van der Waals surface area contributed by atoms with Gasteiger partial charge in [-0.15, -0.1) is 0 Å². The normalized spacial score (nSPS) is 12.7. The van der Waals surface area contributed by atoms with E-state index in [-0.39, 0.29) is 11.5 Å². The molecular weight excluding hydrogens is 238 g/mol. The molecule has 0 aromatic carbocycles. The molecule has 1 aromatic heterocycles. The molecule has 4 nitrogen and oxygen atoms in total. The average molecular weight is 257 g/mol. The lowest BCUT2D eigenvalue weighted by molar-refractivity contribution is 0.101. The van der Waals surface area contributed by atoms with Crippen LogP contribution in [0.5, 0.6) is 0 Å². The molecule has 0 aliphatic carbocycles. The number of ketones is 1. The largest absolute Gasteiger partial charge is 0.352 e. The first kappa shape index (κ1) is 14.0. The third kappa shape index (κ3) is 3.43. The molecule has 0 aliphatic rings. The SMILES string of the molecule is CC(=O)c1ccn(CCS(=O)(=O)C(C)(C)C)c1. The van der Waals surface area contributed by atoms with E-state index in [0.29, 0.717) is 12.1 Å². The van der Waals surface area contributed by atoms with Gasteiger partial charge in [0.25, 0.3) is 0 Å². The first-order chi connectivity index (χ1) is 7.63. The number of nitrogens with zero attached hydrogens (tertiary/aromatic N) is 1. The Bertz CT molecular complexity index is 506. The molecule has 0 saturated carbocycles. The second-order valence-corrected chi connectivity index (χ2v) is 7.99. The zero-order valence-electron chi connectivity index (χ0n) is 10.7. The van der Waals surface area contributed by atoms with E-state index in [4.69, 9.17) is 0 Å². The molecule has 0 saturated heterocycles. The van der Waals surface area contributed by atoms with E-state index in [1.165, 1.54) is 6.92 Å². The Morgan fingerprint density at radius 1 is 1.35 bits per heavy atom. The van der Waals surface area contributed by atoms with E-state index in [1.807, 2.05) is 0 Å². The van der Waals surface area contributed by atoms with Crippen molar-refractivity contribution in [1.29, 1.82) is 0 Å². The first-order valence-electron chi connectivity index (χ1n) is 5.52. The number of hydrogen-bond acceptors (Lipinski definition) is 3. The van der Waals surface area contributed by atoms with Gasteiger partial charge in [-0.25, -0.2) is 8.42 Å². The zero-order chi connectivity index (χ0) is 13.3. The van der Waals surface area contributed by atoms with Crippen LogP contribution in [0.4, 0.5) is 0 Å². The van der Waals surface area contributed by atoms with E-state index in [1.54, 1.807) is 43.8 Å². The molecule has 0 atom stereocenters. The summed E-state index contributed by atoms with van der Waals surface area (Å²) in [6.07, 6.45) is 3.41. The molecule has 0 N–H and O–H groups in total. The number of aromatic nitrogens is 1. The van der Waals surface area contributed by atoms with Crippen LogP contribution in [0.25, 0.3) is 0 Å². The smallest absolute Gasteiger partial charge is 0.161 e. The summed E-state index contributed by atoms with van der Waals surface area (Å²) in [4.78, 5) is 11.1. The highest BCUT2D eigenvalue weighted by Gasteiger charge is 2.28. The minimum atomic E-state index is -3.11. The predicted molar refractivity (Wildman–Crippen MR) is 68.0 cm³/mol. The topological polar surface area (TPSA) is 56.1 Å². The number of rotatable bonds is 4. The predicted octanol–water partition coefficient (Wildman–Crippen LogP) is 1.90. The van der Waals surface area contributed by atoms with Crippen molar-refractivity contribution in [1.82, 2.24) is 4.57 Å². The van der Waals surface area contributed by atoms with Crippen LogP contribution >= 0.6 is 0 Å². The summed E-state index contributed by atoms with van der Waals surface area (Å²) in [5.74, 6) is 0.0742. The van der Waals surface area contributed by atoms with Crippen molar-refractivity contribution in [2.45, 2.75) is 39.0 Å². The van der Waals surface area contributed by atoms with Gasteiger partial charge in [0.2, 0.25) is 0 Å². The Morgan fingerprint density at radius 2 is 1.94 bits per heavy atom. The summed E-state index contributed by atoms with van der Waals surface area (Å²) in [7, 11) is -3.11. The highest BCUT2D eigenvalue weighted by Crippen LogP contribution is 2.16. The highest BCUT2D eigenvalue weighted by molar-refractivity contribution is 7.92. The third-order valence-corrected chi connectivity index (χ3v) is 5.29. The summed E-state index contributed by atoms with van der Waals surface area (Å²) in [5, 5.41) is 0. The summed E-state index contributed by atoms with van der Waals surface area (Å²) in [6, 6.07) is 1.70. The fourth-order valence-corrected chi connectivity index (χ4v) is 2.38. The van der Waals surface area contributed by atoms with Gasteiger partial charge < -0.3 is 4.57 Å². The van der Waals surface area contributed by atoms with E-state index < -0.39 is 14.6 Å². The standard InChI is InChI=1S/C12H19NO3S/c1-10(14)11-5-6-13(9-11)7-8-17(15,16)12(2,3)4/h5-6,9H,7-8H2,1-4H3. The van der Waals surface area contributed by atoms with Crippen LogP contribution in [0.1, 0.15) is 38.1 Å². The summed E-state index contributed by atoms with van der Waals surface area (Å²) < 4.78 is 24.8. The molecule has 0 amide bonds. The summed E-state index contributed by atoms with van der Waals surface area (Å²) >= 11 is 0. The van der Waals surface area contributed by atoms with Crippen molar-refractivity contribution in [2.24, 2.45) is 0 Å². The van der Waals surface area contributed by atoms with Crippen LogP contribution in [-0.4, -0.2) is 29.3 Å². The molecule has 1 heterocycles. The number of sulfone groups is 1. The average Bonchev–Trinajstić information content (AvgIpc) is 2.61. The maximum absolute atomic E-state index is 11.9. The minimum absolute atomic E-state index is 0.0116. The molecule has 1 rings (SSSR count). The monoisotopic (exact) mass is 257 g/mol. The molecule has 0 spiro atoms. The van der Waals surface area contributed by atoms with Gasteiger partial charge in [0.1, 0.15) is 0 Å². The van der Waals surface area contributed by atoms with Crippen molar-refractivity contribution in [3.8, 4) is 0 Å². The second kappa shape index (κ2) is 4.64. The van der Waals surface area contributed by atoms with Crippen LogP contribution < -0.4 is 0 Å². The Balaban J connectivity index is 2.71. The second-order valence-electron chi connectivity index (χ2n) is 5.13. The van der Waals surface area contributed by atoms with Crippen molar-refractivity contribution in [2.75, 3.05) is 5.75 Å². The summed E-state index contributed by atoms with van der Waals surface area (Å²) in [6.45, 7) is 6.95. The lowest BCUT2D eigenvalue weighted by atomic mass is 10.2. The van der Waals surface area contributed by atoms with Gasteiger partial charge in [-0.2, -0.15) is 0 Å². The van der Waals surface area contributed by atoms with Crippen molar-refractivity contribution >= 4 is 15.6 Å². The highest BCUT2D eigenvalue weighted by atomic mass is 32.2. The Morgan fingerprint density at radius 3 is 2.35 bits per heavy atom. The molecule has 0 bridgehead atoms. The van der Waals surface area contributed by atoms with E-state index in [0.717, 1.165) is 0 Å². The molecule has 5 heteroatoms. The van der Waals surface area contributed by atoms with Crippen molar-refractivity contribution < 1.29 is 13.2 Å².